The molecule has 1 amide bonds. The summed E-state index contributed by atoms with van der Waals surface area (Å²) < 4.78 is 30.0. The van der Waals surface area contributed by atoms with Crippen molar-refractivity contribution in [3.05, 3.63) is 89.6 Å². The van der Waals surface area contributed by atoms with Crippen LogP contribution in [0.25, 0.3) is 0 Å². The minimum absolute atomic E-state index is 0.0903. The number of nitrogens with one attached hydrogen (secondary N) is 1. The maximum absolute atomic E-state index is 13.4. The predicted octanol–water partition coefficient (Wildman–Crippen LogP) is 3.80. The van der Waals surface area contributed by atoms with Crippen LogP contribution in [0, 0.1) is 5.82 Å². The van der Waals surface area contributed by atoms with Crippen molar-refractivity contribution in [2.75, 3.05) is 32.8 Å². The van der Waals surface area contributed by atoms with Gasteiger partial charge in [-0.1, -0.05) is 30.3 Å². The van der Waals surface area contributed by atoms with Crippen LogP contribution >= 0.6 is 0 Å². The molecule has 1 aliphatic heterocycles. The lowest BCUT2D eigenvalue weighted by Gasteiger charge is -2.34. The van der Waals surface area contributed by atoms with Crippen LogP contribution in [-0.4, -0.2) is 43.7 Å². The minimum Gasteiger partial charge on any atom is -0.489 e. The highest BCUT2D eigenvalue weighted by molar-refractivity contribution is 5.92. The van der Waals surface area contributed by atoms with Gasteiger partial charge in [0.2, 0.25) is 0 Å². The van der Waals surface area contributed by atoms with Gasteiger partial charge in [-0.15, -0.1) is 0 Å². The number of hydrogen-bond donors (Lipinski definition) is 1. The average molecular weight is 424 g/mol. The van der Waals surface area contributed by atoms with Gasteiger partial charge in [0.15, 0.2) is 5.76 Å². The Morgan fingerprint density at radius 2 is 1.81 bits per heavy atom. The van der Waals surface area contributed by atoms with Crippen LogP contribution in [0.1, 0.15) is 27.7 Å². The van der Waals surface area contributed by atoms with Gasteiger partial charge in [0, 0.05) is 25.2 Å². The highest BCUT2D eigenvalue weighted by atomic mass is 19.1. The van der Waals surface area contributed by atoms with E-state index in [4.69, 9.17) is 13.9 Å². The molecule has 2 heterocycles. The normalized spacial score (nSPS) is 15.4. The van der Waals surface area contributed by atoms with Gasteiger partial charge >= 0.3 is 0 Å². The van der Waals surface area contributed by atoms with Crippen molar-refractivity contribution in [3.63, 3.8) is 0 Å². The van der Waals surface area contributed by atoms with Crippen molar-refractivity contribution in [2.24, 2.45) is 0 Å². The molecule has 162 valence electrons. The van der Waals surface area contributed by atoms with Crippen LogP contribution in [-0.2, 0) is 11.3 Å². The molecule has 6 nitrogen and oxygen atoms in total. The third-order valence-corrected chi connectivity index (χ3v) is 5.29. The quantitative estimate of drug-likeness (QED) is 0.596. The summed E-state index contributed by atoms with van der Waals surface area (Å²) in [7, 11) is 0. The largest absolute Gasteiger partial charge is 0.489 e. The van der Waals surface area contributed by atoms with Gasteiger partial charge in [-0.3, -0.25) is 9.69 Å². The Bertz CT molecular complexity index is 969. The standard InChI is InChI=1S/C24H25FN2O4/c25-20-8-6-18(7-9-20)22(27-11-14-29-15-12-27)16-26-24(28)23-19(10-13-30-23)17-31-21-4-2-1-3-5-21/h1-10,13,22H,11-12,14-17H2,(H,26,28). The molecule has 1 fully saturated rings. The Kier molecular flexibility index (Phi) is 6.96. The lowest BCUT2D eigenvalue weighted by atomic mass is 10.0. The number of nitrogens with zero attached hydrogens (tertiary/aromatic N) is 1. The number of ether oxygens (including phenoxy) is 2. The second-order valence-electron chi connectivity index (χ2n) is 7.30. The predicted molar refractivity (Wildman–Crippen MR) is 113 cm³/mol. The first-order chi connectivity index (χ1) is 15.2. The monoisotopic (exact) mass is 424 g/mol. The Morgan fingerprint density at radius 3 is 2.55 bits per heavy atom. The maximum Gasteiger partial charge on any atom is 0.287 e. The van der Waals surface area contributed by atoms with Crippen molar-refractivity contribution >= 4 is 5.91 Å². The number of halogens is 1. The van der Waals surface area contributed by atoms with Crippen molar-refractivity contribution in [1.82, 2.24) is 10.2 Å². The Balaban J connectivity index is 1.42. The van der Waals surface area contributed by atoms with Gasteiger partial charge in [-0.2, -0.15) is 0 Å². The highest BCUT2D eigenvalue weighted by Gasteiger charge is 2.24. The molecule has 1 saturated heterocycles. The van der Waals surface area contributed by atoms with Crippen LogP contribution in [0.2, 0.25) is 0 Å². The molecule has 1 N–H and O–H groups in total. The second-order valence-corrected chi connectivity index (χ2v) is 7.30. The lowest BCUT2D eigenvalue weighted by Crippen LogP contribution is -2.43. The smallest absolute Gasteiger partial charge is 0.287 e. The van der Waals surface area contributed by atoms with Gasteiger partial charge in [-0.05, 0) is 35.9 Å². The third kappa shape index (κ3) is 5.51. The van der Waals surface area contributed by atoms with E-state index in [1.165, 1.54) is 18.4 Å². The molecule has 4 rings (SSSR count). The maximum atomic E-state index is 13.4. The third-order valence-electron chi connectivity index (χ3n) is 5.29. The lowest BCUT2D eigenvalue weighted by molar-refractivity contribution is 0.0161. The summed E-state index contributed by atoms with van der Waals surface area (Å²) >= 11 is 0. The van der Waals surface area contributed by atoms with Gasteiger partial charge in [0.1, 0.15) is 18.2 Å². The molecular formula is C24H25FN2O4. The Labute approximate surface area is 180 Å². The first-order valence-corrected chi connectivity index (χ1v) is 10.3. The van der Waals surface area contributed by atoms with Crippen LogP contribution in [0.3, 0.4) is 0 Å². The summed E-state index contributed by atoms with van der Waals surface area (Å²) in [5.74, 6) is 0.360. The number of amides is 1. The van der Waals surface area contributed by atoms with Crippen LogP contribution < -0.4 is 10.1 Å². The number of hydrogen-bond acceptors (Lipinski definition) is 5. The molecule has 0 radical (unpaired) electrons. The first-order valence-electron chi connectivity index (χ1n) is 10.3. The Morgan fingerprint density at radius 1 is 1.06 bits per heavy atom. The van der Waals surface area contributed by atoms with Gasteiger partial charge in [0.25, 0.3) is 5.91 Å². The van der Waals surface area contributed by atoms with E-state index >= 15 is 0 Å². The van der Waals surface area contributed by atoms with E-state index < -0.39 is 0 Å². The minimum atomic E-state index is -0.308. The van der Waals surface area contributed by atoms with E-state index in [0.29, 0.717) is 25.3 Å². The zero-order valence-electron chi connectivity index (χ0n) is 17.1. The summed E-state index contributed by atoms with van der Waals surface area (Å²) in [6, 6.07) is 17.4. The number of para-hydroxylation sites is 1. The van der Waals surface area contributed by atoms with Gasteiger partial charge in [0.05, 0.1) is 25.5 Å². The molecule has 1 aromatic heterocycles. The second kappa shape index (κ2) is 10.2. The first kappa shape index (κ1) is 21.1. The SMILES string of the molecule is O=C(NCC(c1ccc(F)cc1)N1CCOCC1)c1occc1COc1ccccc1. The zero-order chi connectivity index (χ0) is 21.5. The molecule has 1 unspecified atom stereocenters. The van der Waals surface area contributed by atoms with Crippen molar-refractivity contribution < 1.29 is 23.1 Å². The Hall–Kier alpha value is -3.16. The number of morpholine rings is 1. The summed E-state index contributed by atoms with van der Waals surface area (Å²) in [6.07, 6.45) is 1.48. The topological polar surface area (TPSA) is 63.9 Å². The van der Waals surface area contributed by atoms with Crippen molar-refractivity contribution in [2.45, 2.75) is 12.6 Å². The molecule has 3 aromatic rings. The fraction of sp³-hybridized carbons (Fsp3) is 0.292. The molecule has 31 heavy (non-hydrogen) atoms. The van der Waals surface area contributed by atoms with E-state index in [-0.39, 0.29) is 30.1 Å². The van der Waals surface area contributed by atoms with Crippen LogP contribution in [0.5, 0.6) is 5.75 Å². The highest BCUT2D eigenvalue weighted by Crippen LogP contribution is 2.22. The average Bonchev–Trinajstić information content (AvgIpc) is 3.29. The molecule has 2 aromatic carbocycles. The molecule has 0 spiro atoms. The van der Waals surface area contributed by atoms with Crippen molar-refractivity contribution in [1.29, 1.82) is 0 Å². The fourth-order valence-electron chi connectivity index (χ4n) is 3.63. The summed E-state index contributed by atoms with van der Waals surface area (Å²) in [5.41, 5.74) is 1.61. The number of furan rings is 1. The van der Waals surface area contributed by atoms with E-state index in [1.807, 2.05) is 30.3 Å². The summed E-state index contributed by atoms with van der Waals surface area (Å²) in [6.45, 7) is 3.34. The van der Waals surface area contributed by atoms with Gasteiger partial charge in [-0.25, -0.2) is 4.39 Å². The molecule has 7 heteroatoms. The molecule has 0 aliphatic carbocycles. The number of benzene rings is 2. The number of carbonyl (C=O) groups excluding carboxylic acids is 1. The van der Waals surface area contributed by atoms with E-state index in [9.17, 15) is 9.18 Å². The number of carbonyl (C=O) groups is 1. The molecule has 1 atom stereocenters. The number of rotatable bonds is 8. The molecule has 1 aliphatic rings. The van der Waals surface area contributed by atoms with E-state index in [2.05, 4.69) is 10.2 Å². The molecule has 0 saturated carbocycles. The summed E-state index contributed by atoms with van der Waals surface area (Å²) in [5, 5.41) is 2.97. The van der Waals surface area contributed by atoms with E-state index in [1.54, 1.807) is 18.2 Å². The van der Waals surface area contributed by atoms with Gasteiger partial charge < -0.3 is 19.2 Å². The molecular weight excluding hydrogens is 399 g/mol. The van der Waals surface area contributed by atoms with Crippen molar-refractivity contribution in [3.8, 4) is 5.75 Å². The van der Waals surface area contributed by atoms with E-state index in [0.717, 1.165) is 24.4 Å². The van der Waals surface area contributed by atoms with Crippen LogP contribution in [0.4, 0.5) is 4.39 Å². The zero-order valence-corrected chi connectivity index (χ0v) is 17.1. The fourth-order valence-corrected chi connectivity index (χ4v) is 3.63. The molecule has 0 bridgehead atoms. The summed E-state index contributed by atoms with van der Waals surface area (Å²) in [4.78, 5) is 15.1. The van der Waals surface area contributed by atoms with Crippen LogP contribution in [0.15, 0.2) is 71.3 Å².